The molecule has 2 N–H and O–H groups in total. The highest BCUT2D eigenvalue weighted by Gasteiger charge is 2.34. The zero-order chi connectivity index (χ0) is 15.0. The highest BCUT2D eigenvalue weighted by Crippen LogP contribution is 2.37. The molecule has 0 fully saturated rings. The fourth-order valence-corrected chi connectivity index (χ4v) is 2.34. The van der Waals surface area contributed by atoms with E-state index in [2.05, 4.69) is 9.97 Å². The number of alkyl halides is 3. The van der Waals surface area contributed by atoms with Gasteiger partial charge in [0.2, 0.25) is 5.95 Å². The van der Waals surface area contributed by atoms with Crippen LogP contribution < -0.4 is 10.5 Å². The lowest BCUT2D eigenvalue weighted by atomic mass is 10.0. The molecule has 2 aromatic rings. The number of nitrogens with zero attached hydrogens (tertiary/aromatic N) is 2. The maximum absolute atomic E-state index is 12.8. The minimum absolute atomic E-state index is 0.119. The highest BCUT2D eigenvalue weighted by atomic mass is 19.4. The Hall–Kier alpha value is -2.31. The molecular weight excluding hydrogens is 283 g/mol. The summed E-state index contributed by atoms with van der Waals surface area (Å²) in [5.41, 5.74) is 5.94. The van der Waals surface area contributed by atoms with Crippen LogP contribution in [-0.4, -0.2) is 16.6 Å². The zero-order valence-electron chi connectivity index (χ0n) is 10.9. The number of para-hydroxylation sites is 1. The van der Waals surface area contributed by atoms with Crippen LogP contribution in [0.5, 0.6) is 5.75 Å². The molecule has 0 amide bonds. The maximum Gasteiger partial charge on any atom is 0.433 e. The summed E-state index contributed by atoms with van der Waals surface area (Å²) in [7, 11) is 0. The monoisotopic (exact) mass is 295 g/mol. The van der Waals surface area contributed by atoms with E-state index in [0.29, 0.717) is 17.9 Å². The first kappa shape index (κ1) is 13.7. The number of fused-ring (bicyclic) bond motifs is 1. The molecule has 0 aliphatic carbocycles. The molecule has 21 heavy (non-hydrogen) atoms. The summed E-state index contributed by atoms with van der Waals surface area (Å²) < 4.78 is 44.1. The number of aromatic nitrogens is 2. The molecule has 0 saturated heterocycles. The maximum atomic E-state index is 12.8. The fraction of sp³-hybridized carbons (Fsp3) is 0.286. The molecule has 2 heterocycles. The molecule has 7 heteroatoms. The van der Waals surface area contributed by atoms with Crippen LogP contribution in [-0.2, 0) is 12.6 Å². The standard InChI is InChI=1S/C14H12F3N3O/c15-14(16,17)11-7-10(19-13(18)20-11)9-5-1-3-8-4-2-6-21-12(8)9/h1,3,5,7H,2,4,6H2,(H2,18,19,20). The van der Waals surface area contributed by atoms with E-state index in [-0.39, 0.29) is 5.69 Å². The van der Waals surface area contributed by atoms with Gasteiger partial charge >= 0.3 is 6.18 Å². The van der Waals surface area contributed by atoms with E-state index in [1.807, 2.05) is 6.07 Å². The Morgan fingerprint density at radius 3 is 2.76 bits per heavy atom. The largest absolute Gasteiger partial charge is 0.493 e. The Morgan fingerprint density at radius 1 is 1.19 bits per heavy atom. The molecule has 0 saturated carbocycles. The Kier molecular flexibility index (Phi) is 3.19. The number of hydrogen-bond donors (Lipinski definition) is 1. The van der Waals surface area contributed by atoms with Gasteiger partial charge in [0.1, 0.15) is 5.75 Å². The van der Waals surface area contributed by atoms with E-state index in [9.17, 15) is 13.2 Å². The van der Waals surface area contributed by atoms with Crippen molar-refractivity contribution in [2.45, 2.75) is 19.0 Å². The van der Waals surface area contributed by atoms with E-state index in [1.165, 1.54) is 0 Å². The number of aryl methyl sites for hydroxylation is 1. The van der Waals surface area contributed by atoms with Gasteiger partial charge in [-0.1, -0.05) is 12.1 Å². The van der Waals surface area contributed by atoms with Crippen molar-refractivity contribution in [2.24, 2.45) is 0 Å². The summed E-state index contributed by atoms with van der Waals surface area (Å²) in [4.78, 5) is 7.16. The van der Waals surface area contributed by atoms with Crippen LogP contribution in [0.1, 0.15) is 17.7 Å². The van der Waals surface area contributed by atoms with Gasteiger partial charge in [-0.25, -0.2) is 9.97 Å². The lowest BCUT2D eigenvalue weighted by molar-refractivity contribution is -0.141. The lowest BCUT2D eigenvalue weighted by Gasteiger charge is -2.20. The van der Waals surface area contributed by atoms with Gasteiger partial charge in [0, 0.05) is 5.56 Å². The molecule has 0 radical (unpaired) electrons. The molecule has 1 aliphatic heterocycles. The quantitative estimate of drug-likeness (QED) is 0.878. The third-order valence-electron chi connectivity index (χ3n) is 3.24. The summed E-state index contributed by atoms with van der Waals surface area (Å²) >= 11 is 0. The molecule has 0 atom stereocenters. The van der Waals surface area contributed by atoms with Gasteiger partial charge in [-0.2, -0.15) is 13.2 Å². The van der Waals surface area contributed by atoms with Crippen molar-refractivity contribution >= 4 is 5.95 Å². The van der Waals surface area contributed by atoms with E-state index >= 15 is 0 Å². The predicted octanol–water partition coefficient (Wildman–Crippen LogP) is 3.07. The summed E-state index contributed by atoms with van der Waals surface area (Å²) in [5, 5.41) is 0. The zero-order valence-corrected chi connectivity index (χ0v) is 10.9. The molecule has 0 unspecified atom stereocenters. The molecule has 0 spiro atoms. The van der Waals surface area contributed by atoms with E-state index in [0.717, 1.165) is 24.5 Å². The summed E-state index contributed by atoms with van der Waals surface area (Å²) in [6.45, 7) is 0.538. The van der Waals surface area contributed by atoms with Crippen molar-refractivity contribution in [1.82, 2.24) is 9.97 Å². The normalized spacial score (nSPS) is 14.4. The van der Waals surface area contributed by atoms with Gasteiger partial charge in [-0.05, 0) is 30.5 Å². The van der Waals surface area contributed by atoms with E-state index in [4.69, 9.17) is 10.5 Å². The fourth-order valence-electron chi connectivity index (χ4n) is 2.34. The third kappa shape index (κ3) is 2.63. The van der Waals surface area contributed by atoms with Crippen molar-refractivity contribution in [1.29, 1.82) is 0 Å². The van der Waals surface area contributed by atoms with Gasteiger partial charge in [-0.15, -0.1) is 0 Å². The van der Waals surface area contributed by atoms with Crippen molar-refractivity contribution in [3.05, 3.63) is 35.5 Å². The van der Waals surface area contributed by atoms with Gasteiger partial charge in [-0.3, -0.25) is 0 Å². The van der Waals surface area contributed by atoms with Gasteiger partial charge in [0.15, 0.2) is 5.69 Å². The lowest BCUT2D eigenvalue weighted by Crippen LogP contribution is -2.12. The van der Waals surface area contributed by atoms with Crippen molar-refractivity contribution in [3.8, 4) is 17.0 Å². The van der Waals surface area contributed by atoms with Gasteiger partial charge in [0.05, 0.1) is 12.3 Å². The Labute approximate surface area is 118 Å². The van der Waals surface area contributed by atoms with Crippen LogP contribution in [0.25, 0.3) is 11.3 Å². The number of benzene rings is 1. The molecule has 1 aliphatic rings. The number of nitrogen functional groups attached to an aromatic ring is 1. The highest BCUT2D eigenvalue weighted by molar-refractivity contribution is 5.70. The second-order valence-corrected chi connectivity index (χ2v) is 4.74. The van der Waals surface area contributed by atoms with Crippen LogP contribution in [0.15, 0.2) is 24.3 Å². The molecule has 1 aromatic heterocycles. The van der Waals surface area contributed by atoms with Crippen molar-refractivity contribution in [2.75, 3.05) is 12.3 Å². The van der Waals surface area contributed by atoms with Crippen molar-refractivity contribution in [3.63, 3.8) is 0 Å². The minimum atomic E-state index is -4.57. The van der Waals surface area contributed by atoms with Crippen LogP contribution >= 0.6 is 0 Å². The average Bonchev–Trinajstić information content (AvgIpc) is 2.45. The molecule has 4 nitrogen and oxygen atoms in total. The van der Waals surface area contributed by atoms with Crippen LogP contribution in [0.3, 0.4) is 0 Å². The number of rotatable bonds is 1. The van der Waals surface area contributed by atoms with Gasteiger partial charge in [0.25, 0.3) is 0 Å². The van der Waals surface area contributed by atoms with Crippen LogP contribution in [0.4, 0.5) is 19.1 Å². The SMILES string of the molecule is Nc1nc(-c2cccc3c2OCCC3)cc(C(F)(F)F)n1. The number of anilines is 1. The molecule has 1 aromatic carbocycles. The molecule has 3 rings (SSSR count). The van der Waals surface area contributed by atoms with E-state index < -0.39 is 17.8 Å². The third-order valence-corrected chi connectivity index (χ3v) is 3.24. The second kappa shape index (κ2) is 4.91. The van der Waals surface area contributed by atoms with E-state index in [1.54, 1.807) is 12.1 Å². The van der Waals surface area contributed by atoms with Crippen molar-refractivity contribution < 1.29 is 17.9 Å². The second-order valence-electron chi connectivity index (χ2n) is 4.74. The first-order valence-corrected chi connectivity index (χ1v) is 6.42. The summed E-state index contributed by atoms with van der Waals surface area (Å²) in [6.07, 6.45) is -2.85. The molecule has 110 valence electrons. The van der Waals surface area contributed by atoms with Crippen LogP contribution in [0.2, 0.25) is 0 Å². The number of ether oxygens (including phenoxy) is 1. The number of halogens is 3. The predicted molar refractivity (Wildman–Crippen MR) is 70.7 cm³/mol. The smallest absolute Gasteiger partial charge is 0.433 e. The summed E-state index contributed by atoms with van der Waals surface area (Å²) in [6, 6.07) is 6.23. The molecular formula is C14H12F3N3O. The summed E-state index contributed by atoms with van der Waals surface area (Å²) in [5.74, 6) is 0.170. The first-order chi connectivity index (χ1) is 9.95. The minimum Gasteiger partial charge on any atom is -0.493 e. The topological polar surface area (TPSA) is 61.0 Å². The number of nitrogens with two attached hydrogens (primary N) is 1. The number of hydrogen-bond acceptors (Lipinski definition) is 4. The Morgan fingerprint density at radius 2 is 2.00 bits per heavy atom. The molecule has 0 bridgehead atoms. The first-order valence-electron chi connectivity index (χ1n) is 6.42. The Balaban J connectivity index is 2.15. The van der Waals surface area contributed by atoms with Crippen LogP contribution in [0, 0.1) is 0 Å². The Bertz CT molecular complexity index is 686. The van der Waals surface area contributed by atoms with Gasteiger partial charge < -0.3 is 10.5 Å². The average molecular weight is 295 g/mol.